The summed E-state index contributed by atoms with van der Waals surface area (Å²) in [5, 5.41) is 6.69. The van der Waals surface area contributed by atoms with Crippen LogP contribution < -0.4 is 15.5 Å². The number of halogens is 2. The number of ether oxygens (including phenoxy) is 2. The van der Waals surface area contributed by atoms with Crippen LogP contribution in [0.1, 0.15) is 93.2 Å². The molecule has 11 nitrogen and oxygen atoms in total. The Kier molecular flexibility index (Phi) is 8.52. The van der Waals surface area contributed by atoms with Gasteiger partial charge in [-0.05, 0) is 39.2 Å². The monoisotopic (exact) mass is 602 g/mol. The Hall–Kier alpha value is -4.29. The second kappa shape index (κ2) is 12.1. The lowest BCUT2D eigenvalue weighted by molar-refractivity contribution is -0.150. The third-order valence-electron chi connectivity index (χ3n) is 8.28. The van der Waals surface area contributed by atoms with Gasteiger partial charge in [-0.25, -0.2) is 8.78 Å². The highest BCUT2D eigenvalue weighted by atomic mass is 19.1. The SMILES string of the molecule is CCCCC(=O)OCOc1c2n(cc(C(=O)NCc3ccc(F)cc3F)c1=O)[C@@H]1CN(C2=O)[C@@H](C)CC[C@]12CC(C)=NO2.[HH]. The van der Waals surface area contributed by atoms with Crippen molar-refractivity contribution < 1.29 is 38.9 Å². The van der Waals surface area contributed by atoms with Gasteiger partial charge in [-0.15, -0.1) is 0 Å². The van der Waals surface area contributed by atoms with Crippen LogP contribution in [0.5, 0.6) is 5.75 Å². The van der Waals surface area contributed by atoms with Gasteiger partial charge in [0.1, 0.15) is 17.2 Å². The number of esters is 1. The van der Waals surface area contributed by atoms with E-state index in [9.17, 15) is 28.0 Å². The molecule has 5 rings (SSSR count). The number of aromatic nitrogens is 1. The smallest absolute Gasteiger partial charge is 0.308 e. The molecule has 1 saturated heterocycles. The van der Waals surface area contributed by atoms with Gasteiger partial charge >= 0.3 is 5.97 Å². The predicted octanol–water partition coefficient (Wildman–Crippen LogP) is 4.09. The molecule has 0 radical (unpaired) electrons. The van der Waals surface area contributed by atoms with Crippen molar-refractivity contribution in [2.24, 2.45) is 5.16 Å². The molecule has 232 valence electrons. The van der Waals surface area contributed by atoms with Crippen LogP contribution in [0.25, 0.3) is 0 Å². The number of pyridine rings is 1. The molecule has 1 spiro atoms. The van der Waals surface area contributed by atoms with Gasteiger partial charge in [0, 0.05) is 51.2 Å². The molecule has 0 unspecified atom stereocenters. The number of unbranched alkanes of at least 4 members (excludes halogenated alkanes) is 1. The summed E-state index contributed by atoms with van der Waals surface area (Å²) >= 11 is 0. The predicted molar refractivity (Wildman–Crippen MR) is 152 cm³/mol. The molecule has 0 aliphatic carbocycles. The second-order valence-corrected chi connectivity index (χ2v) is 11.3. The van der Waals surface area contributed by atoms with E-state index in [0.29, 0.717) is 31.7 Å². The topological polar surface area (TPSA) is 129 Å². The fraction of sp³-hybridized carbons (Fsp3) is 0.500. The first-order chi connectivity index (χ1) is 20.5. The van der Waals surface area contributed by atoms with E-state index in [2.05, 4.69) is 10.5 Å². The number of hydrogen-bond acceptors (Lipinski definition) is 8. The van der Waals surface area contributed by atoms with Crippen molar-refractivity contribution in [1.29, 1.82) is 0 Å². The number of fused-ring (bicyclic) bond motifs is 5. The van der Waals surface area contributed by atoms with E-state index in [1.54, 1.807) is 4.90 Å². The summed E-state index contributed by atoms with van der Waals surface area (Å²) in [7, 11) is 0. The largest absolute Gasteiger partial charge is 0.451 e. The summed E-state index contributed by atoms with van der Waals surface area (Å²) in [6, 6.07) is 2.22. The molecule has 4 heterocycles. The van der Waals surface area contributed by atoms with Gasteiger partial charge in [-0.2, -0.15) is 0 Å². The Morgan fingerprint density at radius 2 is 2.07 bits per heavy atom. The maximum atomic E-state index is 14.2. The summed E-state index contributed by atoms with van der Waals surface area (Å²) < 4.78 is 39.9. The van der Waals surface area contributed by atoms with Gasteiger partial charge in [-0.3, -0.25) is 19.2 Å². The summed E-state index contributed by atoms with van der Waals surface area (Å²) in [5.74, 6) is -3.93. The number of oxime groups is 1. The highest BCUT2D eigenvalue weighted by molar-refractivity contribution is 5.99. The maximum Gasteiger partial charge on any atom is 0.308 e. The van der Waals surface area contributed by atoms with E-state index in [1.807, 2.05) is 20.8 Å². The standard InChI is InChI=1S/C30H34F2N4O7.H2/c1-4-5-6-24(37)41-16-42-27-25-29(40)35-15-23(30(10-9-18(35)3)12-17(2)34-43-30)36(25)14-21(26(27)38)28(39)33-13-19-7-8-20(31)11-22(19)32;/h7-8,11,14,18,23H,4-6,9-10,12-13,15-16H2,1-3H3,(H,33,39);1H/t18-,23+,30-;/m0./s1. The molecule has 3 atom stereocenters. The van der Waals surface area contributed by atoms with Crippen LogP contribution in [0.15, 0.2) is 34.3 Å². The first-order valence-electron chi connectivity index (χ1n) is 14.4. The highest BCUT2D eigenvalue weighted by Crippen LogP contribution is 2.46. The molecule has 43 heavy (non-hydrogen) atoms. The van der Waals surface area contributed by atoms with E-state index in [0.717, 1.165) is 18.2 Å². The van der Waals surface area contributed by atoms with Crippen molar-refractivity contribution in [2.45, 2.75) is 83.5 Å². The van der Waals surface area contributed by atoms with Gasteiger partial charge in [0.25, 0.3) is 11.8 Å². The number of amides is 2. The lowest BCUT2D eigenvalue weighted by Gasteiger charge is -2.42. The molecule has 1 fully saturated rings. The van der Waals surface area contributed by atoms with Crippen LogP contribution in [0.3, 0.4) is 0 Å². The third kappa shape index (κ3) is 5.84. The number of carbonyl (C=O) groups excluding carboxylic acids is 3. The molecule has 2 aromatic rings. The van der Waals surface area contributed by atoms with Crippen LogP contribution in [0.4, 0.5) is 8.78 Å². The van der Waals surface area contributed by atoms with Crippen LogP contribution in [-0.2, 0) is 20.9 Å². The Morgan fingerprint density at radius 3 is 2.77 bits per heavy atom. The lowest BCUT2D eigenvalue weighted by atomic mass is 9.84. The highest BCUT2D eigenvalue weighted by Gasteiger charge is 2.54. The molecule has 2 bridgehead atoms. The van der Waals surface area contributed by atoms with Crippen LogP contribution in [0, 0.1) is 11.6 Å². The van der Waals surface area contributed by atoms with Gasteiger partial charge in [0.15, 0.2) is 11.3 Å². The first kappa shape index (κ1) is 30.2. The number of hydrogen-bond donors (Lipinski definition) is 1. The molecule has 3 aliphatic heterocycles. The van der Waals surface area contributed by atoms with Crippen LogP contribution in [-0.4, -0.2) is 57.9 Å². The molecule has 13 heteroatoms. The normalized spacial score (nSPS) is 22.4. The van der Waals surface area contributed by atoms with E-state index in [1.165, 1.54) is 16.8 Å². The lowest BCUT2D eigenvalue weighted by Crippen LogP contribution is -2.52. The molecule has 3 aliphatic rings. The van der Waals surface area contributed by atoms with E-state index >= 15 is 0 Å². The number of carbonyl (C=O) groups is 3. The van der Waals surface area contributed by atoms with E-state index < -0.39 is 59.0 Å². The van der Waals surface area contributed by atoms with Crippen molar-refractivity contribution in [3.63, 3.8) is 0 Å². The fourth-order valence-electron chi connectivity index (χ4n) is 5.89. The Labute approximate surface area is 248 Å². The number of nitrogens with zero attached hydrogens (tertiary/aromatic N) is 3. The minimum atomic E-state index is -0.900. The minimum Gasteiger partial charge on any atom is -0.451 e. The quantitative estimate of drug-likeness (QED) is 0.338. The van der Waals surface area contributed by atoms with Crippen molar-refractivity contribution in [2.75, 3.05) is 13.3 Å². The summed E-state index contributed by atoms with van der Waals surface area (Å²) in [4.78, 5) is 60.8. The van der Waals surface area contributed by atoms with Gasteiger partial charge in [0.2, 0.25) is 18.0 Å². The molecule has 1 N–H and O–H groups in total. The van der Waals surface area contributed by atoms with Gasteiger partial charge in [-0.1, -0.05) is 24.6 Å². The molecular weight excluding hydrogens is 566 g/mol. The molecule has 1 aromatic carbocycles. The van der Waals surface area contributed by atoms with E-state index in [4.69, 9.17) is 14.3 Å². The van der Waals surface area contributed by atoms with Crippen LogP contribution >= 0.6 is 0 Å². The second-order valence-electron chi connectivity index (χ2n) is 11.3. The fourth-order valence-corrected chi connectivity index (χ4v) is 5.89. The summed E-state index contributed by atoms with van der Waals surface area (Å²) in [5.41, 5.74) is -1.42. The minimum absolute atomic E-state index is 0. The first-order valence-corrected chi connectivity index (χ1v) is 14.4. The average Bonchev–Trinajstić information content (AvgIpc) is 3.30. The van der Waals surface area contributed by atoms with Gasteiger partial charge < -0.3 is 29.1 Å². The summed E-state index contributed by atoms with van der Waals surface area (Å²) in [6.45, 7) is 4.95. The Balaban J connectivity index is 0.00000442. The molecular formula is C30H36F2N4O7. The number of rotatable bonds is 9. The molecule has 0 saturated carbocycles. The third-order valence-corrected chi connectivity index (χ3v) is 8.28. The Bertz CT molecular complexity index is 1550. The molecule has 1 aromatic heterocycles. The zero-order valence-corrected chi connectivity index (χ0v) is 24.3. The van der Waals surface area contributed by atoms with Crippen molar-refractivity contribution in [1.82, 2.24) is 14.8 Å². The number of nitrogens with one attached hydrogen (secondary N) is 1. The Morgan fingerprint density at radius 1 is 1.28 bits per heavy atom. The van der Waals surface area contributed by atoms with Crippen molar-refractivity contribution >= 4 is 23.5 Å². The average molecular weight is 603 g/mol. The number of benzene rings is 1. The zero-order chi connectivity index (χ0) is 30.9. The maximum absolute atomic E-state index is 14.2. The summed E-state index contributed by atoms with van der Waals surface area (Å²) in [6.07, 6.45) is 4.50. The van der Waals surface area contributed by atoms with Gasteiger partial charge in [0.05, 0.1) is 11.8 Å². The van der Waals surface area contributed by atoms with E-state index in [-0.39, 0.29) is 43.8 Å². The van der Waals surface area contributed by atoms with Crippen molar-refractivity contribution in [3.05, 3.63) is 63.1 Å². The van der Waals surface area contributed by atoms with Crippen molar-refractivity contribution in [3.8, 4) is 5.75 Å². The van der Waals surface area contributed by atoms with Crippen LogP contribution in [0.2, 0.25) is 0 Å². The molecule has 2 amide bonds. The zero-order valence-electron chi connectivity index (χ0n) is 24.3.